The molecule has 1 aliphatic carbocycles. The van der Waals surface area contributed by atoms with E-state index in [1.165, 1.54) is 11.1 Å². The van der Waals surface area contributed by atoms with E-state index >= 15 is 0 Å². The number of benzene rings is 4. The third kappa shape index (κ3) is 5.18. The molecule has 1 aliphatic rings. The number of fused-ring (bicyclic) bond motifs is 1. The monoisotopic (exact) mass is 475 g/mol. The summed E-state index contributed by atoms with van der Waals surface area (Å²) in [4.78, 5) is 13.5. The first kappa shape index (κ1) is 23.4. The summed E-state index contributed by atoms with van der Waals surface area (Å²) in [7, 11) is 1.62. The lowest BCUT2D eigenvalue weighted by molar-refractivity contribution is -0.116. The highest BCUT2D eigenvalue weighted by Gasteiger charge is 2.23. The number of aryl methyl sites for hydroxylation is 1. The van der Waals surface area contributed by atoms with Crippen LogP contribution in [0.2, 0.25) is 0 Å². The van der Waals surface area contributed by atoms with Gasteiger partial charge in [0, 0.05) is 11.8 Å². The van der Waals surface area contributed by atoms with Crippen molar-refractivity contribution in [1.82, 2.24) is 0 Å². The molecule has 0 bridgehead atoms. The molecule has 0 heterocycles. The van der Waals surface area contributed by atoms with Gasteiger partial charge in [-0.3, -0.25) is 4.79 Å². The Hall–Kier alpha value is -4.31. The van der Waals surface area contributed by atoms with Gasteiger partial charge in [-0.05, 0) is 52.8 Å². The predicted molar refractivity (Wildman–Crippen MR) is 144 cm³/mol. The van der Waals surface area contributed by atoms with Crippen LogP contribution < -0.4 is 14.8 Å². The van der Waals surface area contributed by atoms with Crippen molar-refractivity contribution in [3.63, 3.8) is 0 Å². The summed E-state index contributed by atoms with van der Waals surface area (Å²) in [6, 6.07) is 31.5. The Labute approximate surface area is 212 Å². The van der Waals surface area contributed by atoms with Gasteiger partial charge in [0.2, 0.25) is 5.91 Å². The fourth-order valence-corrected chi connectivity index (χ4v) is 4.69. The molecule has 36 heavy (non-hydrogen) atoms. The molecule has 0 spiro atoms. The average molecular weight is 476 g/mol. The van der Waals surface area contributed by atoms with Crippen molar-refractivity contribution < 1.29 is 14.3 Å². The minimum Gasteiger partial charge on any atom is -0.493 e. The van der Waals surface area contributed by atoms with Gasteiger partial charge in [-0.25, -0.2) is 0 Å². The number of hydrogen-bond acceptors (Lipinski definition) is 3. The lowest BCUT2D eigenvalue weighted by Gasteiger charge is -2.19. The fourth-order valence-electron chi connectivity index (χ4n) is 4.69. The molecule has 0 saturated heterocycles. The second-order valence-electron chi connectivity index (χ2n) is 8.83. The van der Waals surface area contributed by atoms with Crippen molar-refractivity contribution in [3.05, 3.63) is 131 Å². The topological polar surface area (TPSA) is 47.6 Å². The number of ether oxygens (including phenoxy) is 2. The summed E-state index contributed by atoms with van der Waals surface area (Å²) in [5, 5.41) is 3.09. The standard InChI is InChI=1S/C32H29NO3/c1-35-29-20-19-27(21-30(29)36-22-26-17-10-16-23-11-8-9-18-28(23)26)33-32(34)31(24-12-4-2-5-13-24)25-14-6-3-7-15-25/h2-7,9-10,12-21,31H,8,11,22H2,1H3,(H,33,34). The van der Waals surface area contributed by atoms with Crippen LogP contribution in [0.5, 0.6) is 11.5 Å². The number of carbonyl (C=O) groups is 1. The van der Waals surface area contributed by atoms with Crippen LogP contribution >= 0.6 is 0 Å². The van der Waals surface area contributed by atoms with E-state index in [4.69, 9.17) is 9.47 Å². The molecular weight excluding hydrogens is 446 g/mol. The Morgan fingerprint density at radius 1 is 0.861 bits per heavy atom. The number of anilines is 1. The fraction of sp³-hybridized carbons (Fsp3) is 0.156. The van der Waals surface area contributed by atoms with E-state index in [2.05, 4.69) is 35.7 Å². The Morgan fingerprint density at radius 2 is 1.58 bits per heavy atom. The zero-order valence-electron chi connectivity index (χ0n) is 20.3. The molecule has 5 rings (SSSR count). The molecule has 180 valence electrons. The van der Waals surface area contributed by atoms with Gasteiger partial charge in [-0.1, -0.05) is 91.0 Å². The molecule has 0 atom stereocenters. The maximum Gasteiger partial charge on any atom is 0.236 e. The van der Waals surface area contributed by atoms with Crippen LogP contribution in [0.25, 0.3) is 6.08 Å². The van der Waals surface area contributed by atoms with Crippen LogP contribution in [0.3, 0.4) is 0 Å². The molecule has 0 saturated carbocycles. The van der Waals surface area contributed by atoms with Gasteiger partial charge in [0.15, 0.2) is 11.5 Å². The molecule has 4 heteroatoms. The number of amides is 1. The Bertz CT molecular complexity index is 1320. The molecule has 1 amide bonds. The van der Waals surface area contributed by atoms with Gasteiger partial charge in [0.25, 0.3) is 0 Å². The zero-order valence-corrected chi connectivity index (χ0v) is 20.3. The molecule has 4 aromatic rings. The van der Waals surface area contributed by atoms with Crippen LogP contribution in [0.1, 0.15) is 40.2 Å². The van der Waals surface area contributed by atoms with Crippen molar-refractivity contribution >= 4 is 17.7 Å². The number of hydrogen-bond donors (Lipinski definition) is 1. The van der Waals surface area contributed by atoms with Crippen molar-refractivity contribution in [1.29, 1.82) is 0 Å². The van der Waals surface area contributed by atoms with Crippen LogP contribution in [-0.4, -0.2) is 13.0 Å². The van der Waals surface area contributed by atoms with Crippen molar-refractivity contribution in [2.75, 3.05) is 12.4 Å². The normalized spacial score (nSPS) is 12.2. The van der Waals surface area contributed by atoms with E-state index < -0.39 is 5.92 Å². The minimum atomic E-state index is -0.429. The van der Waals surface area contributed by atoms with E-state index in [0.717, 1.165) is 29.5 Å². The van der Waals surface area contributed by atoms with Crippen molar-refractivity contribution in [2.45, 2.75) is 25.4 Å². The first-order chi connectivity index (χ1) is 17.7. The highest BCUT2D eigenvalue weighted by atomic mass is 16.5. The smallest absolute Gasteiger partial charge is 0.236 e. The highest BCUT2D eigenvalue weighted by molar-refractivity contribution is 5.98. The van der Waals surface area contributed by atoms with Crippen molar-refractivity contribution in [3.8, 4) is 11.5 Å². The highest BCUT2D eigenvalue weighted by Crippen LogP contribution is 2.33. The van der Waals surface area contributed by atoms with Crippen molar-refractivity contribution in [2.24, 2.45) is 0 Å². The van der Waals surface area contributed by atoms with E-state index in [1.54, 1.807) is 7.11 Å². The van der Waals surface area contributed by atoms with E-state index in [0.29, 0.717) is 23.8 Å². The maximum atomic E-state index is 13.5. The van der Waals surface area contributed by atoms with Crippen LogP contribution in [0.4, 0.5) is 5.69 Å². The first-order valence-corrected chi connectivity index (χ1v) is 12.2. The summed E-state index contributed by atoms with van der Waals surface area (Å²) >= 11 is 0. The van der Waals surface area contributed by atoms with Gasteiger partial charge < -0.3 is 14.8 Å². The number of methoxy groups -OCH3 is 1. The van der Waals surface area contributed by atoms with Gasteiger partial charge in [0.05, 0.1) is 13.0 Å². The zero-order chi connectivity index (χ0) is 24.7. The van der Waals surface area contributed by atoms with Crippen LogP contribution in [0.15, 0.2) is 103 Å². The largest absolute Gasteiger partial charge is 0.493 e. The van der Waals surface area contributed by atoms with E-state index in [1.807, 2.05) is 78.9 Å². The second kappa shape index (κ2) is 11.0. The molecule has 0 radical (unpaired) electrons. The van der Waals surface area contributed by atoms with E-state index in [9.17, 15) is 4.79 Å². The van der Waals surface area contributed by atoms with Gasteiger partial charge in [-0.15, -0.1) is 0 Å². The summed E-state index contributed by atoms with van der Waals surface area (Å²) in [6.45, 7) is 0.415. The number of nitrogens with one attached hydrogen (secondary N) is 1. The summed E-state index contributed by atoms with van der Waals surface area (Å²) in [5.74, 6) is 0.673. The number of carbonyl (C=O) groups excluding carboxylic acids is 1. The first-order valence-electron chi connectivity index (χ1n) is 12.2. The Morgan fingerprint density at radius 3 is 2.28 bits per heavy atom. The van der Waals surface area contributed by atoms with Gasteiger partial charge >= 0.3 is 0 Å². The Balaban J connectivity index is 1.38. The average Bonchev–Trinajstić information content (AvgIpc) is 2.93. The quantitative estimate of drug-likeness (QED) is 0.298. The summed E-state index contributed by atoms with van der Waals surface area (Å²) in [5.41, 5.74) is 6.25. The predicted octanol–water partition coefficient (Wildman–Crippen LogP) is 7.00. The van der Waals surface area contributed by atoms with E-state index in [-0.39, 0.29) is 5.91 Å². The van der Waals surface area contributed by atoms with Gasteiger partial charge in [-0.2, -0.15) is 0 Å². The molecule has 4 aromatic carbocycles. The molecule has 0 aliphatic heterocycles. The van der Waals surface area contributed by atoms with Gasteiger partial charge in [0.1, 0.15) is 6.61 Å². The molecule has 4 nitrogen and oxygen atoms in total. The molecule has 0 unspecified atom stereocenters. The molecular formula is C32H29NO3. The SMILES string of the molecule is COc1ccc(NC(=O)C(c2ccccc2)c2ccccc2)cc1OCc1cccc2c1C=CCC2. The third-order valence-electron chi connectivity index (χ3n) is 6.49. The third-order valence-corrected chi connectivity index (χ3v) is 6.49. The molecule has 0 aromatic heterocycles. The molecule has 0 fully saturated rings. The Kier molecular flexibility index (Phi) is 7.13. The number of rotatable bonds is 8. The minimum absolute atomic E-state index is 0.106. The lowest BCUT2D eigenvalue weighted by Crippen LogP contribution is -2.22. The lowest BCUT2D eigenvalue weighted by atomic mass is 9.90. The maximum absolute atomic E-state index is 13.5. The number of allylic oxidation sites excluding steroid dienone is 1. The molecule has 1 N–H and O–H groups in total. The second-order valence-corrected chi connectivity index (χ2v) is 8.83. The van der Waals surface area contributed by atoms with Crippen LogP contribution in [-0.2, 0) is 17.8 Å². The summed E-state index contributed by atoms with van der Waals surface area (Å²) < 4.78 is 11.8. The van der Waals surface area contributed by atoms with Crippen LogP contribution in [0, 0.1) is 0 Å². The summed E-state index contributed by atoms with van der Waals surface area (Å²) in [6.07, 6.45) is 6.51.